The third-order valence-electron chi connectivity index (χ3n) is 8.96. The van der Waals surface area contributed by atoms with Crippen LogP contribution in [-0.2, 0) is 38.9 Å². The van der Waals surface area contributed by atoms with Crippen LogP contribution in [0.2, 0.25) is 5.02 Å². The first-order valence-electron chi connectivity index (χ1n) is 17.4. The lowest BCUT2D eigenvalue weighted by Gasteiger charge is -2.36. The topological polar surface area (TPSA) is 118 Å². The molecule has 1 aliphatic heterocycles. The van der Waals surface area contributed by atoms with Gasteiger partial charge in [0.15, 0.2) is 0 Å². The van der Waals surface area contributed by atoms with E-state index in [0.717, 1.165) is 22.4 Å². The van der Waals surface area contributed by atoms with Gasteiger partial charge in [-0.2, -0.15) is 0 Å². The average Bonchev–Trinajstić information content (AvgIpc) is 3.53. The lowest BCUT2D eigenvalue weighted by atomic mass is 10.1. The molecule has 0 saturated carbocycles. The Morgan fingerprint density at radius 3 is 2.31 bits per heavy atom. The molecule has 276 valence electrons. The Labute approximate surface area is 306 Å². The van der Waals surface area contributed by atoms with Gasteiger partial charge in [0.05, 0.1) is 11.5 Å². The number of ether oxygens (including phenoxy) is 3. The van der Waals surface area contributed by atoms with Crippen LogP contribution in [0.1, 0.15) is 61.2 Å². The number of fused-ring (bicyclic) bond motifs is 1. The maximum atomic E-state index is 14.5. The smallest absolute Gasteiger partial charge is 0.410 e. The first kappa shape index (κ1) is 38.4. The fraction of sp³-hybridized carbons (Fsp3) is 0.474. The number of carbonyl (C=O) groups excluding carboxylic acids is 2. The second-order valence-corrected chi connectivity index (χ2v) is 16.1. The summed E-state index contributed by atoms with van der Waals surface area (Å²) in [6.07, 6.45) is 1.45. The summed E-state index contributed by atoms with van der Waals surface area (Å²) in [4.78, 5) is 33.0. The second-order valence-electron chi connectivity index (χ2n) is 13.9. The van der Waals surface area contributed by atoms with E-state index in [9.17, 15) is 18.0 Å². The predicted octanol–water partition coefficient (Wildman–Crippen LogP) is 5.92. The molecular formula is C38H49ClN4O7S. The predicted molar refractivity (Wildman–Crippen MR) is 198 cm³/mol. The molecule has 13 heteroatoms. The highest BCUT2D eigenvalue weighted by Crippen LogP contribution is 2.33. The number of hydrogen-bond donors (Lipinski definition) is 1. The number of sulfonamides is 1. The van der Waals surface area contributed by atoms with E-state index in [1.54, 1.807) is 36.3 Å². The van der Waals surface area contributed by atoms with Crippen molar-refractivity contribution < 1.29 is 32.2 Å². The molecule has 2 aliphatic rings. The minimum Gasteiger partial charge on any atom is -0.491 e. The molecule has 1 atom stereocenters. The highest BCUT2D eigenvalue weighted by atomic mass is 35.5. The van der Waals surface area contributed by atoms with Crippen molar-refractivity contribution in [1.29, 1.82) is 0 Å². The van der Waals surface area contributed by atoms with Crippen LogP contribution < -0.4 is 14.4 Å². The summed E-state index contributed by atoms with van der Waals surface area (Å²) >= 11 is 6.45. The van der Waals surface area contributed by atoms with Gasteiger partial charge in [-0.1, -0.05) is 24.6 Å². The molecule has 0 spiro atoms. The van der Waals surface area contributed by atoms with Crippen molar-refractivity contribution in [2.45, 2.75) is 70.0 Å². The number of anilines is 1. The van der Waals surface area contributed by atoms with Crippen molar-refractivity contribution in [2.75, 3.05) is 57.9 Å². The summed E-state index contributed by atoms with van der Waals surface area (Å²) in [5.41, 5.74) is 3.61. The summed E-state index contributed by atoms with van der Waals surface area (Å²) < 4.78 is 45.2. The fourth-order valence-electron chi connectivity index (χ4n) is 6.33. The number of nitrogens with one attached hydrogen (secondary N) is 1. The Morgan fingerprint density at radius 2 is 1.65 bits per heavy atom. The van der Waals surface area contributed by atoms with E-state index in [1.807, 2.05) is 69.0 Å². The lowest BCUT2D eigenvalue weighted by molar-refractivity contribution is 0.0240. The van der Waals surface area contributed by atoms with Crippen LogP contribution in [0, 0.1) is 0 Å². The second kappa shape index (κ2) is 16.7. The van der Waals surface area contributed by atoms with Gasteiger partial charge in [-0.3, -0.25) is 4.79 Å². The summed E-state index contributed by atoms with van der Waals surface area (Å²) in [7, 11) is -2.03. The maximum Gasteiger partial charge on any atom is 0.410 e. The number of piperazine rings is 1. The number of rotatable bonds is 13. The SMILES string of the molecule is CCCNS(=O)(=O)c1ccc2c(c1)CC(N(Cc1cc(Cl)ccc1OCCOC)C(=O)c1ccc(N3CCN(C(=O)OC(C)(C)C)CC3)cc1)C2. The number of benzene rings is 3. The van der Waals surface area contributed by atoms with E-state index in [2.05, 4.69) is 9.62 Å². The van der Waals surface area contributed by atoms with Crippen molar-refractivity contribution in [3.05, 3.63) is 87.9 Å². The minimum atomic E-state index is -3.64. The number of carbonyl (C=O) groups is 2. The molecule has 0 bridgehead atoms. The zero-order valence-electron chi connectivity index (χ0n) is 30.1. The van der Waals surface area contributed by atoms with Crippen LogP contribution in [0.5, 0.6) is 5.75 Å². The number of amides is 2. The number of halogens is 1. The van der Waals surface area contributed by atoms with E-state index in [0.29, 0.717) is 81.5 Å². The van der Waals surface area contributed by atoms with E-state index < -0.39 is 15.6 Å². The molecule has 1 saturated heterocycles. The normalized spacial score (nSPS) is 16.2. The third-order valence-corrected chi connectivity index (χ3v) is 10.7. The van der Waals surface area contributed by atoms with Gasteiger partial charge in [-0.05, 0) is 106 Å². The van der Waals surface area contributed by atoms with Gasteiger partial charge >= 0.3 is 6.09 Å². The van der Waals surface area contributed by atoms with Crippen LogP contribution in [0.4, 0.5) is 10.5 Å². The van der Waals surface area contributed by atoms with Gasteiger partial charge in [-0.25, -0.2) is 17.9 Å². The van der Waals surface area contributed by atoms with Crippen LogP contribution in [-0.4, -0.2) is 94.9 Å². The van der Waals surface area contributed by atoms with Crippen molar-refractivity contribution in [1.82, 2.24) is 14.5 Å². The summed E-state index contributed by atoms with van der Waals surface area (Å²) in [6, 6.07) is 17.9. The van der Waals surface area contributed by atoms with Crippen molar-refractivity contribution in [3.63, 3.8) is 0 Å². The Hall–Kier alpha value is -3.84. The van der Waals surface area contributed by atoms with Crippen LogP contribution in [0.25, 0.3) is 0 Å². The standard InChI is InChI=1S/C38H49ClN4O7S/c1-6-15-40-51(46,47)34-13-9-28-23-33(24-29(28)25-34)43(26-30-22-31(39)10-14-35(30)49-21-20-48-5)36(44)27-7-11-32(12-8-27)41-16-18-42(19-17-41)37(45)50-38(2,3)4/h7-14,22,25,33,40H,6,15-21,23-24,26H2,1-5H3. The monoisotopic (exact) mass is 740 g/mol. The van der Waals surface area contributed by atoms with Crippen molar-refractivity contribution in [2.24, 2.45) is 0 Å². The van der Waals surface area contributed by atoms with Gasteiger partial charge in [-0.15, -0.1) is 0 Å². The van der Waals surface area contributed by atoms with Crippen molar-refractivity contribution >= 4 is 39.3 Å². The molecular weight excluding hydrogens is 692 g/mol. The molecule has 5 rings (SSSR count). The Bertz CT molecular complexity index is 1790. The first-order chi connectivity index (χ1) is 24.3. The summed E-state index contributed by atoms with van der Waals surface area (Å²) in [5, 5.41) is 0.525. The zero-order valence-corrected chi connectivity index (χ0v) is 31.7. The van der Waals surface area contributed by atoms with E-state index in [4.69, 9.17) is 25.8 Å². The number of methoxy groups -OCH3 is 1. The Kier molecular flexibility index (Phi) is 12.5. The van der Waals surface area contributed by atoms with Crippen LogP contribution >= 0.6 is 11.6 Å². The molecule has 2 amide bonds. The van der Waals surface area contributed by atoms with Crippen LogP contribution in [0.15, 0.2) is 65.6 Å². The first-order valence-corrected chi connectivity index (χ1v) is 19.3. The molecule has 0 aromatic heterocycles. The van der Waals surface area contributed by atoms with Gasteiger partial charge in [0.1, 0.15) is 18.0 Å². The maximum absolute atomic E-state index is 14.5. The molecule has 11 nitrogen and oxygen atoms in total. The molecule has 0 radical (unpaired) electrons. The number of hydrogen-bond acceptors (Lipinski definition) is 8. The molecule has 1 unspecified atom stereocenters. The molecule has 1 heterocycles. The van der Waals surface area contributed by atoms with E-state index in [1.165, 1.54) is 0 Å². The summed E-state index contributed by atoms with van der Waals surface area (Å²) in [6.45, 7) is 11.2. The van der Waals surface area contributed by atoms with Crippen LogP contribution in [0.3, 0.4) is 0 Å². The van der Waals surface area contributed by atoms with E-state index >= 15 is 0 Å². The Morgan fingerprint density at radius 1 is 0.941 bits per heavy atom. The fourth-order valence-corrected chi connectivity index (χ4v) is 7.71. The molecule has 3 aromatic rings. The molecule has 1 aliphatic carbocycles. The highest BCUT2D eigenvalue weighted by molar-refractivity contribution is 7.89. The van der Waals surface area contributed by atoms with Gasteiger partial charge in [0.25, 0.3) is 5.91 Å². The Balaban J connectivity index is 1.37. The van der Waals surface area contributed by atoms with Gasteiger partial charge < -0.3 is 28.9 Å². The molecule has 1 fully saturated rings. The van der Waals surface area contributed by atoms with Gasteiger partial charge in [0.2, 0.25) is 10.0 Å². The molecule has 1 N–H and O–H groups in total. The third kappa shape index (κ3) is 9.94. The van der Waals surface area contributed by atoms with E-state index in [-0.39, 0.29) is 29.5 Å². The van der Waals surface area contributed by atoms with Crippen molar-refractivity contribution in [3.8, 4) is 5.75 Å². The minimum absolute atomic E-state index is 0.158. The summed E-state index contributed by atoms with van der Waals surface area (Å²) in [5.74, 6) is 0.454. The molecule has 51 heavy (non-hydrogen) atoms. The van der Waals surface area contributed by atoms with Gasteiger partial charge in [0, 0.05) is 74.3 Å². The quantitative estimate of drug-likeness (QED) is 0.215. The highest BCUT2D eigenvalue weighted by Gasteiger charge is 2.33. The zero-order chi connectivity index (χ0) is 36.8. The lowest BCUT2D eigenvalue weighted by Crippen LogP contribution is -2.50. The average molecular weight is 741 g/mol. The molecule has 3 aromatic carbocycles. The largest absolute Gasteiger partial charge is 0.491 e. The number of nitrogens with zero attached hydrogens (tertiary/aromatic N) is 3.